The van der Waals surface area contributed by atoms with Gasteiger partial charge in [-0.2, -0.15) is 0 Å². The molecule has 1 heterocycles. The van der Waals surface area contributed by atoms with E-state index in [2.05, 4.69) is 17.2 Å². The van der Waals surface area contributed by atoms with E-state index >= 15 is 0 Å². The molecule has 1 saturated heterocycles. The highest BCUT2D eigenvalue weighted by Crippen LogP contribution is 2.07. The first-order valence-corrected chi connectivity index (χ1v) is 3.83. The summed E-state index contributed by atoms with van der Waals surface area (Å²) in [7, 11) is 0. The second-order valence-corrected chi connectivity index (χ2v) is 3.16. The molecule has 4 nitrogen and oxygen atoms in total. The summed E-state index contributed by atoms with van der Waals surface area (Å²) >= 11 is 0. The lowest BCUT2D eigenvalue weighted by Gasteiger charge is -2.26. The van der Waals surface area contributed by atoms with Crippen LogP contribution in [0.15, 0.2) is 12.3 Å². The average Bonchev–Trinajstić information content (AvgIpc) is 1.96. The fourth-order valence-electron chi connectivity index (χ4n) is 1.05. The minimum absolute atomic E-state index is 0.0991. The third kappa shape index (κ3) is 1.47. The van der Waals surface area contributed by atoms with Crippen molar-refractivity contribution in [2.24, 2.45) is 5.92 Å². The van der Waals surface area contributed by atoms with Gasteiger partial charge in [0.1, 0.15) is 6.04 Å². The zero-order valence-corrected chi connectivity index (χ0v) is 7.18. The molecule has 0 aromatic carbocycles. The van der Waals surface area contributed by atoms with Crippen molar-refractivity contribution in [1.29, 1.82) is 0 Å². The highest BCUT2D eigenvalue weighted by Gasteiger charge is 2.30. The molecule has 4 heteroatoms. The Balaban J connectivity index is 2.75. The van der Waals surface area contributed by atoms with Crippen LogP contribution in [0.4, 0.5) is 0 Å². The molecule has 0 radical (unpaired) electrons. The maximum absolute atomic E-state index is 11.2. The van der Waals surface area contributed by atoms with Crippen molar-refractivity contribution in [3.8, 4) is 0 Å². The van der Waals surface area contributed by atoms with Crippen molar-refractivity contribution in [2.75, 3.05) is 0 Å². The SMILES string of the molecule is C=C1NC(=O)[C@@H](C(C)C)NC1=O. The highest BCUT2D eigenvalue weighted by atomic mass is 16.2. The van der Waals surface area contributed by atoms with E-state index in [1.165, 1.54) is 0 Å². The molecular weight excluding hydrogens is 156 g/mol. The number of piperazine rings is 1. The van der Waals surface area contributed by atoms with E-state index in [1.807, 2.05) is 13.8 Å². The van der Waals surface area contributed by atoms with E-state index in [0.29, 0.717) is 0 Å². The van der Waals surface area contributed by atoms with E-state index in [4.69, 9.17) is 0 Å². The number of rotatable bonds is 1. The number of carbonyl (C=O) groups is 2. The lowest BCUT2D eigenvalue weighted by atomic mass is 10.0. The highest BCUT2D eigenvalue weighted by molar-refractivity contribution is 6.04. The minimum Gasteiger partial charge on any atom is -0.339 e. The molecule has 0 saturated carbocycles. The summed E-state index contributed by atoms with van der Waals surface area (Å²) in [4.78, 5) is 22.2. The summed E-state index contributed by atoms with van der Waals surface area (Å²) in [5.41, 5.74) is 0.122. The summed E-state index contributed by atoms with van der Waals surface area (Å²) < 4.78 is 0. The molecule has 2 amide bonds. The molecule has 0 aliphatic carbocycles. The lowest BCUT2D eigenvalue weighted by Crippen LogP contribution is -2.56. The Morgan fingerprint density at radius 1 is 1.42 bits per heavy atom. The van der Waals surface area contributed by atoms with Crippen molar-refractivity contribution in [3.05, 3.63) is 12.3 Å². The molecular formula is C8H12N2O2. The summed E-state index contributed by atoms with van der Waals surface area (Å²) in [6.45, 7) is 7.14. The Morgan fingerprint density at radius 3 is 2.50 bits per heavy atom. The zero-order chi connectivity index (χ0) is 9.30. The van der Waals surface area contributed by atoms with Gasteiger partial charge in [-0.1, -0.05) is 20.4 Å². The molecule has 1 atom stereocenters. The largest absolute Gasteiger partial charge is 0.339 e. The lowest BCUT2D eigenvalue weighted by molar-refractivity contribution is -0.132. The molecule has 1 rings (SSSR count). The summed E-state index contributed by atoms with van der Waals surface area (Å²) in [6, 6.07) is -0.428. The number of hydrogen-bond donors (Lipinski definition) is 2. The third-order valence-corrected chi connectivity index (χ3v) is 1.78. The van der Waals surface area contributed by atoms with Crippen molar-refractivity contribution < 1.29 is 9.59 Å². The van der Waals surface area contributed by atoms with E-state index < -0.39 is 6.04 Å². The Labute approximate surface area is 71.0 Å². The summed E-state index contributed by atoms with van der Waals surface area (Å²) in [5.74, 6) is -0.384. The number of nitrogens with one attached hydrogen (secondary N) is 2. The van der Waals surface area contributed by atoms with Crippen molar-refractivity contribution in [3.63, 3.8) is 0 Å². The van der Waals surface area contributed by atoms with Gasteiger partial charge in [0, 0.05) is 0 Å². The van der Waals surface area contributed by atoms with Crippen LogP contribution in [0.2, 0.25) is 0 Å². The molecule has 1 fully saturated rings. The van der Waals surface area contributed by atoms with E-state index in [-0.39, 0.29) is 23.4 Å². The summed E-state index contributed by atoms with van der Waals surface area (Å²) in [5, 5.41) is 4.98. The molecule has 66 valence electrons. The molecule has 0 aromatic heterocycles. The maximum atomic E-state index is 11.2. The molecule has 2 N–H and O–H groups in total. The molecule has 0 bridgehead atoms. The van der Waals surface area contributed by atoms with Crippen LogP contribution in [-0.4, -0.2) is 17.9 Å². The van der Waals surface area contributed by atoms with Gasteiger partial charge in [0.05, 0.1) is 5.70 Å². The standard InChI is InChI=1S/C8H12N2O2/c1-4(2)6-8(12)9-5(3)7(11)10-6/h4,6H,3H2,1-2H3,(H,9,12)(H,10,11)/t6-/m1/s1. The molecule has 1 aliphatic heterocycles. The van der Waals surface area contributed by atoms with Gasteiger partial charge in [0.2, 0.25) is 5.91 Å². The van der Waals surface area contributed by atoms with Crippen molar-refractivity contribution in [2.45, 2.75) is 19.9 Å². The van der Waals surface area contributed by atoms with Crippen LogP contribution in [0.25, 0.3) is 0 Å². The van der Waals surface area contributed by atoms with Crippen molar-refractivity contribution in [1.82, 2.24) is 10.6 Å². The second-order valence-electron chi connectivity index (χ2n) is 3.16. The monoisotopic (exact) mass is 168 g/mol. The van der Waals surface area contributed by atoms with Gasteiger partial charge in [-0.3, -0.25) is 9.59 Å². The quantitative estimate of drug-likeness (QED) is 0.531. The zero-order valence-electron chi connectivity index (χ0n) is 7.18. The van der Waals surface area contributed by atoms with Gasteiger partial charge in [-0.05, 0) is 5.92 Å². The Kier molecular flexibility index (Phi) is 2.17. The van der Waals surface area contributed by atoms with Crippen LogP contribution < -0.4 is 10.6 Å². The Hall–Kier alpha value is -1.32. The first-order chi connectivity index (χ1) is 5.52. The molecule has 0 spiro atoms. The predicted molar refractivity (Wildman–Crippen MR) is 44.1 cm³/mol. The van der Waals surface area contributed by atoms with Crippen molar-refractivity contribution >= 4 is 11.8 Å². The topological polar surface area (TPSA) is 58.2 Å². The minimum atomic E-state index is -0.428. The van der Waals surface area contributed by atoms with Crippen LogP contribution in [0, 0.1) is 5.92 Å². The van der Waals surface area contributed by atoms with E-state index in [1.54, 1.807) is 0 Å². The fourth-order valence-corrected chi connectivity index (χ4v) is 1.05. The van der Waals surface area contributed by atoms with Gasteiger partial charge in [0.15, 0.2) is 0 Å². The average molecular weight is 168 g/mol. The smallest absolute Gasteiger partial charge is 0.267 e. The van der Waals surface area contributed by atoms with Gasteiger partial charge in [-0.25, -0.2) is 0 Å². The predicted octanol–water partition coefficient (Wildman–Crippen LogP) is -0.229. The van der Waals surface area contributed by atoms with Gasteiger partial charge in [-0.15, -0.1) is 0 Å². The van der Waals surface area contributed by atoms with Crippen LogP contribution in [0.3, 0.4) is 0 Å². The first-order valence-electron chi connectivity index (χ1n) is 3.83. The Morgan fingerprint density at radius 2 is 2.00 bits per heavy atom. The number of amides is 2. The maximum Gasteiger partial charge on any atom is 0.267 e. The van der Waals surface area contributed by atoms with Gasteiger partial charge in [0.25, 0.3) is 5.91 Å². The summed E-state index contributed by atoms with van der Waals surface area (Å²) in [6.07, 6.45) is 0. The van der Waals surface area contributed by atoms with Crippen LogP contribution in [0.5, 0.6) is 0 Å². The van der Waals surface area contributed by atoms with E-state index in [0.717, 1.165) is 0 Å². The molecule has 12 heavy (non-hydrogen) atoms. The van der Waals surface area contributed by atoms with E-state index in [9.17, 15) is 9.59 Å². The Bertz CT molecular complexity index is 245. The van der Waals surface area contributed by atoms with Crippen LogP contribution in [0.1, 0.15) is 13.8 Å². The third-order valence-electron chi connectivity index (χ3n) is 1.78. The molecule has 0 aromatic rings. The van der Waals surface area contributed by atoms with Gasteiger partial charge < -0.3 is 10.6 Å². The molecule has 1 aliphatic rings. The second kappa shape index (κ2) is 2.97. The van der Waals surface area contributed by atoms with Crippen LogP contribution >= 0.6 is 0 Å². The fraction of sp³-hybridized carbons (Fsp3) is 0.500. The van der Waals surface area contributed by atoms with Crippen LogP contribution in [-0.2, 0) is 9.59 Å². The number of hydrogen-bond acceptors (Lipinski definition) is 2. The van der Waals surface area contributed by atoms with Gasteiger partial charge >= 0.3 is 0 Å². The number of carbonyl (C=O) groups excluding carboxylic acids is 2. The normalized spacial score (nSPS) is 23.9. The molecule has 0 unspecified atom stereocenters. The first kappa shape index (κ1) is 8.77.